The lowest BCUT2D eigenvalue weighted by atomic mass is 10.0. The Balaban J connectivity index is 0.000000291. The summed E-state index contributed by atoms with van der Waals surface area (Å²) in [5.41, 5.74) is 0.627. The minimum Gasteiger partial charge on any atom is -0.465 e. The summed E-state index contributed by atoms with van der Waals surface area (Å²) in [6.07, 6.45) is 4.33. The van der Waals surface area contributed by atoms with Gasteiger partial charge in [0, 0.05) is 37.1 Å². The molecule has 3 aromatic rings. The third-order valence-corrected chi connectivity index (χ3v) is 6.07. The summed E-state index contributed by atoms with van der Waals surface area (Å²) in [6.45, 7) is 2.84. The highest BCUT2D eigenvalue weighted by Crippen LogP contribution is 2.33. The fourth-order valence-corrected chi connectivity index (χ4v) is 4.20. The molecule has 2 fully saturated rings. The normalized spacial score (nSPS) is 15.7. The number of carboxylic acid groups (broad SMARTS) is 1. The molecule has 0 radical (unpaired) electrons. The molecule has 34 heavy (non-hydrogen) atoms. The summed E-state index contributed by atoms with van der Waals surface area (Å²) >= 11 is 0. The zero-order valence-electron chi connectivity index (χ0n) is 18.7. The average molecular weight is 472 g/mol. The Labute approximate surface area is 195 Å². The predicted molar refractivity (Wildman–Crippen MR) is 125 cm³/mol. The lowest BCUT2D eigenvalue weighted by Crippen LogP contribution is -2.38. The van der Waals surface area contributed by atoms with Crippen LogP contribution in [0.2, 0.25) is 0 Å². The van der Waals surface area contributed by atoms with Gasteiger partial charge in [0.25, 0.3) is 0 Å². The van der Waals surface area contributed by atoms with Crippen LogP contribution in [0.1, 0.15) is 32.1 Å². The number of carbonyl (C=O) groups is 2. The SMILES string of the molecule is O=C(Nc1n[nH]c2c(F)c(F)c(-c3ccccc3)cc12)N1CCCCC1.O=C(O)N1CCCC1. The number of likely N-dealkylation sites (tertiary alicyclic amines) is 2. The van der Waals surface area contributed by atoms with E-state index in [4.69, 9.17) is 5.11 Å². The number of hydrogen-bond donors (Lipinski definition) is 3. The summed E-state index contributed by atoms with van der Waals surface area (Å²) in [5.74, 6) is -1.75. The van der Waals surface area contributed by atoms with Gasteiger partial charge in [-0.25, -0.2) is 18.4 Å². The number of urea groups is 1. The van der Waals surface area contributed by atoms with Crippen LogP contribution in [-0.2, 0) is 0 Å². The zero-order chi connectivity index (χ0) is 24.1. The van der Waals surface area contributed by atoms with E-state index in [-0.39, 0.29) is 22.9 Å². The molecule has 2 aliphatic heterocycles. The van der Waals surface area contributed by atoms with Crippen LogP contribution in [0, 0.1) is 11.6 Å². The van der Waals surface area contributed by atoms with Gasteiger partial charge in [-0.1, -0.05) is 30.3 Å². The number of H-pyrrole nitrogens is 1. The fraction of sp³-hybridized carbons (Fsp3) is 0.375. The molecule has 0 saturated carbocycles. The predicted octanol–water partition coefficient (Wildman–Crippen LogP) is 5.29. The third-order valence-electron chi connectivity index (χ3n) is 6.07. The molecule has 2 aliphatic rings. The van der Waals surface area contributed by atoms with Gasteiger partial charge in [0.05, 0.1) is 0 Å². The van der Waals surface area contributed by atoms with Crippen molar-refractivity contribution in [3.8, 4) is 11.1 Å². The summed E-state index contributed by atoms with van der Waals surface area (Å²) in [4.78, 5) is 25.7. The van der Waals surface area contributed by atoms with Crippen LogP contribution in [0.25, 0.3) is 22.0 Å². The van der Waals surface area contributed by atoms with Gasteiger partial charge in [-0.2, -0.15) is 5.10 Å². The van der Waals surface area contributed by atoms with Crippen LogP contribution in [-0.4, -0.2) is 63.4 Å². The molecule has 0 aliphatic carbocycles. The molecular weight excluding hydrogens is 444 g/mol. The number of anilines is 1. The van der Waals surface area contributed by atoms with E-state index >= 15 is 0 Å². The standard InChI is InChI=1S/C19H18F2N4O.C5H9NO2/c20-15-13(12-7-3-1-4-8-12)11-14-17(16(15)21)23-24-18(14)22-19(26)25-9-5-2-6-10-25;7-5(8)6-3-1-2-4-6/h1,3-4,7-8,11H,2,5-6,9-10H2,(H2,22,23,24,26);1-4H2,(H,7,8). The highest BCUT2D eigenvalue weighted by atomic mass is 19.2. The van der Waals surface area contributed by atoms with Crippen molar-refractivity contribution < 1.29 is 23.5 Å². The van der Waals surface area contributed by atoms with E-state index in [2.05, 4.69) is 15.5 Å². The Kier molecular flexibility index (Phi) is 7.24. The number of carbonyl (C=O) groups excluding carboxylic acids is 1. The molecule has 3 heterocycles. The van der Waals surface area contributed by atoms with E-state index in [0.717, 1.165) is 45.2 Å². The fourth-order valence-electron chi connectivity index (χ4n) is 4.20. The lowest BCUT2D eigenvalue weighted by molar-refractivity contribution is 0.156. The van der Waals surface area contributed by atoms with Gasteiger partial charge in [0.15, 0.2) is 17.5 Å². The maximum absolute atomic E-state index is 14.5. The van der Waals surface area contributed by atoms with Gasteiger partial charge in [0.2, 0.25) is 0 Å². The summed E-state index contributed by atoms with van der Waals surface area (Å²) < 4.78 is 28.9. The minimum absolute atomic E-state index is 0.0591. The van der Waals surface area contributed by atoms with Crippen molar-refractivity contribution in [3.05, 3.63) is 48.0 Å². The number of halogens is 2. The first-order valence-electron chi connectivity index (χ1n) is 11.4. The van der Waals surface area contributed by atoms with Gasteiger partial charge in [0.1, 0.15) is 5.52 Å². The second kappa shape index (κ2) is 10.5. The second-order valence-corrected chi connectivity index (χ2v) is 8.37. The van der Waals surface area contributed by atoms with E-state index in [1.807, 2.05) is 0 Å². The maximum Gasteiger partial charge on any atom is 0.407 e. The minimum atomic E-state index is -1.01. The Hall–Kier alpha value is -3.69. The van der Waals surface area contributed by atoms with Gasteiger partial charge in [-0.15, -0.1) is 0 Å². The number of aromatic nitrogens is 2. The number of nitrogens with one attached hydrogen (secondary N) is 2. The average Bonchev–Trinajstić information content (AvgIpc) is 3.54. The molecule has 3 N–H and O–H groups in total. The van der Waals surface area contributed by atoms with Gasteiger partial charge < -0.3 is 14.9 Å². The largest absolute Gasteiger partial charge is 0.465 e. The number of amides is 3. The van der Waals surface area contributed by atoms with E-state index < -0.39 is 17.7 Å². The monoisotopic (exact) mass is 471 g/mol. The summed E-state index contributed by atoms with van der Waals surface area (Å²) in [5, 5.41) is 17.9. The van der Waals surface area contributed by atoms with Crippen molar-refractivity contribution in [2.75, 3.05) is 31.5 Å². The van der Waals surface area contributed by atoms with Crippen LogP contribution < -0.4 is 5.32 Å². The van der Waals surface area contributed by atoms with Crippen molar-refractivity contribution in [3.63, 3.8) is 0 Å². The van der Waals surface area contributed by atoms with E-state index in [9.17, 15) is 18.4 Å². The van der Waals surface area contributed by atoms with Crippen molar-refractivity contribution in [1.82, 2.24) is 20.0 Å². The molecule has 10 heteroatoms. The number of aromatic amines is 1. The van der Waals surface area contributed by atoms with E-state index in [0.29, 0.717) is 24.0 Å². The molecule has 0 bridgehead atoms. The molecular formula is C24H27F2N5O3. The van der Waals surface area contributed by atoms with Crippen molar-refractivity contribution in [1.29, 1.82) is 0 Å². The number of piperidine rings is 1. The molecule has 0 unspecified atom stereocenters. The molecule has 8 nitrogen and oxygen atoms in total. The number of hydrogen-bond acceptors (Lipinski definition) is 3. The Morgan fingerprint density at radius 2 is 1.53 bits per heavy atom. The highest BCUT2D eigenvalue weighted by Gasteiger charge is 2.22. The quantitative estimate of drug-likeness (QED) is 0.473. The third kappa shape index (κ3) is 5.11. The second-order valence-electron chi connectivity index (χ2n) is 8.37. The Morgan fingerprint density at radius 3 is 2.15 bits per heavy atom. The topological polar surface area (TPSA) is 102 Å². The highest BCUT2D eigenvalue weighted by molar-refractivity contribution is 6.00. The van der Waals surface area contributed by atoms with E-state index in [1.165, 1.54) is 11.0 Å². The number of benzene rings is 2. The number of fused-ring (bicyclic) bond motifs is 1. The Bertz CT molecular complexity index is 1160. The molecule has 3 amide bonds. The maximum atomic E-state index is 14.5. The van der Waals surface area contributed by atoms with Gasteiger partial charge >= 0.3 is 12.1 Å². The first-order chi connectivity index (χ1) is 16.5. The molecule has 5 rings (SSSR count). The van der Waals surface area contributed by atoms with Gasteiger partial charge in [-0.05, 0) is 43.7 Å². The molecule has 2 aromatic carbocycles. The van der Waals surface area contributed by atoms with E-state index in [1.54, 1.807) is 35.2 Å². The molecule has 0 atom stereocenters. The first-order valence-corrected chi connectivity index (χ1v) is 11.4. The zero-order valence-corrected chi connectivity index (χ0v) is 18.7. The Morgan fingerprint density at radius 1 is 0.912 bits per heavy atom. The smallest absolute Gasteiger partial charge is 0.407 e. The van der Waals surface area contributed by atoms with Crippen molar-refractivity contribution >= 4 is 28.8 Å². The van der Waals surface area contributed by atoms with Crippen LogP contribution >= 0.6 is 0 Å². The van der Waals surface area contributed by atoms with Crippen molar-refractivity contribution in [2.45, 2.75) is 32.1 Å². The molecule has 180 valence electrons. The number of rotatable bonds is 2. The molecule has 0 spiro atoms. The lowest BCUT2D eigenvalue weighted by Gasteiger charge is -2.26. The summed E-state index contributed by atoms with van der Waals surface area (Å²) in [6, 6.07) is 9.96. The van der Waals surface area contributed by atoms with Crippen molar-refractivity contribution in [2.24, 2.45) is 0 Å². The van der Waals surface area contributed by atoms with Crippen LogP contribution in [0.15, 0.2) is 36.4 Å². The first kappa shape index (κ1) is 23.5. The van der Waals surface area contributed by atoms with Gasteiger partial charge in [-0.3, -0.25) is 10.4 Å². The van der Waals surface area contributed by atoms with Crippen LogP contribution in [0.3, 0.4) is 0 Å². The number of nitrogens with zero attached hydrogens (tertiary/aromatic N) is 3. The molecule has 1 aromatic heterocycles. The van der Waals surface area contributed by atoms with Crippen LogP contribution in [0.4, 0.5) is 24.2 Å². The molecule has 2 saturated heterocycles. The summed E-state index contributed by atoms with van der Waals surface area (Å²) in [7, 11) is 0. The van der Waals surface area contributed by atoms with Crippen LogP contribution in [0.5, 0.6) is 0 Å².